The second kappa shape index (κ2) is 18.0. The summed E-state index contributed by atoms with van der Waals surface area (Å²) in [7, 11) is 0. The molecule has 4 saturated carbocycles. The molecule has 8 rings (SSSR count). The molecule has 0 spiro atoms. The molecule has 0 unspecified atom stereocenters. The maximum Gasteiger partial charge on any atom is 0.310 e. The summed E-state index contributed by atoms with van der Waals surface area (Å²) in [6, 6.07) is 0. The van der Waals surface area contributed by atoms with Crippen molar-refractivity contribution < 1.29 is 89.4 Å². The van der Waals surface area contributed by atoms with E-state index in [2.05, 4.69) is 40.7 Å². The van der Waals surface area contributed by atoms with Crippen molar-refractivity contribution in [2.45, 2.75) is 211 Å². The molecule has 3 aliphatic heterocycles. The first-order valence-corrected chi connectivity index (χ1v) is 24.3. The van der Waals surface area contributed by atoms with Crippen LogP contribution in [0.15, 0.2) is 11.6 Å². The number of aliphatic hydroxyl groups is 10. The van der Waals surface area contributed by atoms with Gasteiger partial charge in [-0.2, -0.15) is 0 Å². The highest BCUT2D eigenvalue weighted by atomic mass is 16.8. The maximum atomic E-state index is 13.1. The summed E-state index contributed by atoms with van der Waals surface area (Å²) in [5.74, 6) is -0.402. The Bertz CT molecular complexity index is 1800. The second-order valence-electron chi connectivity index (χ2n) is 23.3. The van der Waals surface area contributed by atoms with Crippen LogP contribution in [0.25, 0.3) is 0 Å². The number of aliphatic carboxylic acids is 1. The fraction of sp³-hybridized carbons (Fsp3) is 0.938. The van der Waals surface area contributed by atoms with Crippen LogP contribution in [0.4, 0.5) is 0 Å². The van der Waals surface area contributed by atoms with Gasteiger partial charge in [0, 0.05) is 5.41 Å². The van der Waals surface area contributed by atoms with Crippen LogP contribution in [0.1, 0.15) is 113 Å². The first-order valence-electron chi connectivity index (χ1n) is 24.3. The number of ether oxygens (including phenoxy) is 6. The number of hydrogen-bond acceptors (Lipinski definition) is 17. The van der Waals surface area contributed by atoms with Gasteiger partial charge in [0.05, 0.1) is 37.4 Å². The number of carboxylic acids is 1. The highest BCUT2D eigenvalue weighted by Gasteiger charge is 2.70. The number of carboxylic acid groups (broad SMARTS) is 1. The third kappa shape index (κ3) is 7.78. The van der Waals surface area contributed by atoms with Crippen LogP contribution in [-0.2, 0) is 33.2 Å². The van der Waals surface area contributed by atoms with Gasteiger partial charge in [-0.15, -0.1) is 0 Å². The minimum Gasteiger partial charge on any atom is -0.481 e. The van der Waals surface area contributed by atoms with E-state index in [1.54, 1.807) is 6.92 Å². The van der Waals surface area contributed by atoms with Crippen LogP contribution in [0.3, 0.4) is 0 Å². The lowest BCUT2D eigenvalue weighted by atomic mass is 9.33. The molecule has 11 N–H and O–H groups in total. The fourth-order valence-electron chi connectivity index (χ4n) is 15.1. The lowest BCUT2D eigenvalue weighted by Gasteiger charge is -2.71. The molecule has 0 aromatic heterocycles. The third-order valence-corrected chi connectivity index (χ3v) is 19.5. The second-order valence-corrected chi connectivity index (χ2v) is 23.3. The van der Waals surface area contributed by atoms with E-state index in [9.17, 15) is 61.0 Å². The molecule has 3 heterocycles. The Hall–Kier alpha value is -1.43. The molecular weight excluding hydrogens is 865 g/mol. The summed E-state index contributed by atoms with van der Waals surface area (Å²) in [6.45, 7) is 13.6. The zero-order chi connectivity index (χ0) is 48.3. The van der Waals surface area contributed by atoms with Gasteiger partial charge in [0.1, 0.15) is 67.1 Å². The van der Waals surface area contributed by atoms with E-state index in [1.165, 1.54) is 5.57 Å². The van der Waals surface area contributed by atoms with Crippen LogP contribution in [0.5, 0.6) is 0 Å². The Morgan fingerprint density at radius 1 is 0.652 bits per heavy atom. The van der Waals surface area contributed by atoms with E-state index in [0.717, 1.165) is 44.9 Å². The van der Waals surface area contributed by atoms with Crippen molar-refractivity contribution in [3.63, 3.8) is 0 Å². The van der Waals surface area contributed by atoms with Gasteiger partial charge in [-0.05, 0) is 111 Å². The molecule has 18 heteroatoms. The number of rotatable bonds is 10. The molecular formula is C48H78O18. The highest BCUT2D eigenvalue weighted by molar-refractivity contribution is 5.76. The van der Waals surface area contributed by atoms with Crippen molar-refractivity contribution in [2.24, 2.45) is 50.2 Å². The molecule has 8 aliphatic rings. The molecule has 0 radical (unpaired) electrons. The Balaban J connectivity index is 0.977. The number of fused-ring (bicyclic) bond motifs is 7. The zero-order valence-corrected chi connectivity index (χ0v) is 39.5. The molecule has 378 valence electrons. The van der Waals surface area contributed by atoms with E-state index in [0.29, 0.717) is 19.3 Å². The van der Waals surface area contributed by atoms with Crippen molar-refractivity contribution in [1.82, 2.24) is 0 Å². The van der Waals surface area contributed by atoms with Crippen LogP contribution in [0.2, 0.25) is 0 Å². The van der Waals surface area contributed by atoms with Crippen molar-refractivity contribution in [3.05, 3.63) is 11.6 Å². The van der Waals surface area contributed by atoms with Gasteiger partial charge in [-0.3, -0.25) is 4.79 Å². The van der Waals surface area contributed by atoms with Crippen LogP contribution in [0, 0.1) is 50.2 Å². The Morgan fingerprint density at radius 2 is 1.26 bits per heavy atom. The number of hydrogen-bond donors (Lipinski definition) is 11. The third-order valence-electron chi connectivity index (χ3n) is 19.5. The molecule has 5 aliphatic carbocycles. The summed E-state index contributed by atoms with van der Waals surface area (Å²) in [4.78, 5) is 13.1. The normalized spacial score (nSPS) is 54.8. The smallest absolute Gasteiger partial charge is 0.310 e. The monoisotopic (exact) mass is 943 g/mol. The average Bonchev–Trinajstić information content (AvgIpc) is 3.27. The van der Waals surface area contributed by atoms with Crippen molar-refractivity contribution >= 4 is 5.97 Å². The standard InChI is InChI=1S/C48H78O18/c1-22-30(52)38(66-40-35(57)33(55)37(26(20-50)63-40)65-39-34(56)32(54)31(53)25(19-49)62-39)36(58)41(61-22)64-29-11-12-44(4)27(45(29,5)21-51)10-13-47(7)28(44)9-8-23-24-18-43(2,3)14-16-48(24,42(59)60)17-15-46(23,47)6/h8,22,24-41,49-58H,9-21H2,1-7H3,(H,59,60)/t22-,24+,25+,26+,27+,28+,29-,30-,31+,32-,33+,34+,35+,36+,37+,38+,39+,40+,41-,44-,45-,46+,47+,48-/m0/s1. The topological polar surface area (TPSA) is 295 Å². The van der Waals surface area contributed by atoms with E-state index in [1.807, 2.05) is 6.92 Å². The molecule has 18 nitrogen and oxygen atoms in total. The van der Waals surface area contributed by atoms with Gasteiger partial charge in [-0.1, -0.05) is 53.2 Å². The first kappa shape index (κ1) is 50.9. The van der Waals surface area contributed by atoms with Gasteiger partial charge in [0.15, 0.2) is 18.9 Å². The van der Waals surface area contributed by atoms with Gasteiger partial charge in [-0.25, -0.2) is 0 Å². The Labute approximate surface area is 387 Å². The average molecular weight is 943 g/mol. The molecule has 0 bridgehead atoms. The van der Waals surface area contributed by atoms with Crippen molar-refractivity contribution in [3.8, 4) is 0 Å². The fourth-order valence-corrected chi connectivity index (χ4v) is 15.1. The van der Waals surface area contributed by atoms with E-state index >= 15 is 0 Å². The minimum atomic E-state index is -1.92. The molecule has 24 atom stereocenters. The Morgan fingerprint density at radius 3 is 1.89 bits per heavy atom. The van der Waals surface area contributed by atoms with Crippen molar-refractivity contribution in [1.29, 1.82) is 0 Å². The number of allylic oxidation sites excluding steroid dienone is 2. The summed E-state index contributed by atoms with van der Waals surface area (Å²) in [5, 5.41) is 119. The SMILES string of the molecule is C[C@@H]1O[C@@H](O[C@H]2CC[C@@]3(C)[C@@H](CC[C@]4(C)[C@@H]3CC=C3[C@H]5CC(C)(C)CC[C@]5(C(=O)O)CC[C@]34C)[C@]2(C)CO)[C@H](O)[C@H](O[C@H]2O[C@H](CO)[C@@H](O[C@H]3O[C@H](CO)[C@@H](O)[C@H](O)[C@H]3O)[C@H](O)[C@H]2O)[C@H]1O. The van der Waals surface area contributed by atoms with Gasteiger partial charge >= 0.3 is 5.97 Å². The molecule has 3 saturated heterocycles. The van der Waals surface area contributed by atoms with Crippen molar-refractivity contribution in [2.75, 3.05) is 19.8 Å². The van der Waals surface area contributed by atoms with Gasteiger partial charge in [0.2, 0.25) is 0 Å². The molecule has 0 amide bonds. The molecule has 0 aromatic carbocycles. The predicted octanol–water partition coefficient (Wildman–Crippen LogP) is 0.706. The maximum absolute atomic E-state index is 13.1. The van der Waals surface area contributed by atoms with Crippen LogP contribution >= 0.6 is 0 Å². The van der Waals surface area contributed by atoms with Crippen LogP contribution < -0.4 is 0 Å². The minimum absolute atomic E-state index is 0.00613. The largest absolute Gasteiger partial charge is 0.481 e. The predicted molar refractivity (Wildman–Crippen MR) is 231 cm³/mol. The van der Waals surface area contributed by atoms with Gasteiger partial charge < -0.3 is 84.6 Å². The lowest BCUT2D eigenvalue weighted by Crippen LogP contribution is -2.67. The summed E-state index contributed by atoms with van der Waals surface area (Å²) >= 11 is 0. The van der Waals surface area contributed by atoms with Gasteiger partial charge in [0.25, 0.3) is 0 Å². The summed E-state index contributed by atoms with van der Waals surface area (Å²) < 4.78 is 35.7. The summed E-state index contributed by atoms with van der Waals surface area (Å²) in [5.41, 5.74) is -0.628. The first-order chi connectivity index (χ1) is 30.9. The quantitative estimate of drug-likeness (QED) is 0.106. The van der Waals surface area contributed by atoms with E-state index in [4.69, 9.17) is 28.4 Å². The van der Waals surface area contributed by atoms with Crippen LogP contribution in [-0.4, -0.2) is 180 Å². The number of aliphatic hydroxyl groups excluding tert-OH is 10. The molecule has 66 heavy (non-hydrogen) atoms. The van der Waals surface area contributed by atoms with E-state index < -0.39 is 128 Å². The summed E-state index contributed by atoms with van der Waals surface area (Å²) in [6.07, 6.45) is -14.3. The van der Waals surface area contributed by atoms with E-state index in [-0.39, 0.29) is 46.0 Å². The molecule has 0 aromatic rings. The highest BCUT2D eigenvalue weighted by Crippen LogP contribution is 2.76. The molecule has 7 fully saturated rings. The lowest BCUT2D eigenvalue weighted by molar-refractivity contribution is -0.383. The number of carbonyl (C=O) groups is 1. The zero-order valence-electron chi connectivity index (χ0n) is 39.5. The Kier molecular flexibility index (Phi) is 13.9.